The smallest absolute Gasteiger partial charge is 0.229 e. The van der Waals surface area contributed by atoms with Gasteiger partial charge in [-0.15, -0.1) is 0 Å². The fraction of sp³-hybridized carbons (Fsp3) is 0.250. The second-order valence-corrected chi connectivity index (χ2v) is 7.03. The number of benzene rings is 2. The normalized spacial score (nSPS) is 23.7. The van der Waals surface area contributed by atoms with Crippen molar-refractivity contribution in [2.45, 2.75) is 24.6 Å². The molecule has 0 bridgehead atoms. The molecule has 4 rings (SSSR count). The molecule has 164 valence electrons. The molecule has 2 aliphatic heterocycles. The van der Waals surface area contributed by atoms with Gasteiger partial charge in [-0.05, 0) is 18.2 Å². The fourth-order valence-electron chi connectivity index (χ4n) is 3.21. The molecule has 7 N–H and O–H groups in total. The molecule has 0 radical (unpaired) electrons. The minimum Gasteiger partial charge on any atom is -0.507 e. The van der Waals surface area contributed by atoms with E-state index in [0.717, 1.165) is 24.3 Å². The Morgan fingerprint density at radius 1 is 0.871 bits per heavy atom. The molecule has 31 heavy (non-hydrogen) atoms. The van der Waals surface area contributed by atoms with E-state index in [9.17, 15) is 40.5 Å². The largest absolute Gasteiger partial charge is 0.507 e. The molecule has 0 aromatic heterocycles. The van der Waals surface area contributed by atoms with Gasteiger partial charge in [0.2, 0.25) is 6.29 Å². The van der Waals surface area contributed by atoms with Crippen LogP contribution in [-0.2, 0) is 4.74 Å². The summed E-state index contributed by atoms with van der Waals surface area (Å²) < 4.78 is 16.5. The molecule has 1 aliphatic carbocycles. The number of phenolic OH excluding ortho intramolecular Hbond substituents is 4. The summed E-state index contributed by atoms with van der Waals surface area (Å²) in [6, 6.07) is 5.39. The van der Waals surface area contributed by atoms with E-state index in [0.29, 0.717) is 0 Å². The Morgan fingerprint density at radius 2 is 1.55 bits per heavy atom. The minimum absolute atomic E-state index is 0.00590. The Morgan fingerprint density at radius 3 is 2.23 bits per heavy atom. The lowest BCUT2D eigenvalue weighted by Crippen LogP contribution is -2.54. The number of aliphatic hydroxyl groups is 3. The fourth-order valence-corrected chi connectivity index (χ4v) is 3.21. The number of phenols is 4. The minimum atomic E-state index is -1.65. The number of rotatable bonds is 3. The zero-order valence-corrected chi connectivity index (χ0v) is 15.7. The lowest BCUT2D eigenvalue weighted by Gasteiger charge is -2.35. The molecule has 4 atom stereocenters. The summed E-state index contributed by atoms with van der Waals surface area (Å²) in [7, 11) is 0. The van der Waals surface area contributed by atoms with Gasteiger partial charge in [-0.25, -0.2) is 0 Å². The van der Waals surface area contributed by atoms with Crippen LogP contribution < -0.4 is 10.2 Å². The number of aromatic hydroxyl groups is 4. The zero-order chi connectivity index (χ0) is 22.4. The maximum absolute atomic E-state index is 11.7. The second-order valence-electron chi connectivity index (χ2n) is 7.03. The highest BCUT2D eigenvalue weighted by atomic mass is 16.7. The van der Waals surface area contributed by atoms with E-state index in [4.69, 9.17) is 13.9 Å². The molecular weight excluding hydrogens is 416 g/mol. The van der Waals surface area contributed by atoms with Gasteiger partial charge >= 0.3 is 0 Å². The molecular formula is C20H18O11. The SMILES string of the molecule is O=c1cc2oc(-c3cc(O)c(O)c(O)c3)c(O[C@@H]3OC[C@H](O)[C@H](O)[C@H]3O)cc-2c(O)c1. The topological polar surface area (TPSA) is 190 Å². The van der Waals surface area contributed by atoms with Crippen molar-refractivity contribution >= 4 is 0 Å². The quantitative estimate of drug-likeness (QED) is 0.276. The van der Waals surface area contributed by atoms with Crippen LogP contribution in [0.5, 0.6) is 28.7 Å². The van der Waals surface area contributed by atoms with Crippen LogP contribution in [0.3, 0.4) is 0 Å². The zero-order valence-electron chi connectivity index (χ0n) is 15.7. The lowest BCUT2D eigenvalue weighted by molar-refractivity contribution is -0.242. The lowest BCUT2D eigenvalue weighted by atomic mass is 10.0. The van der Waals surface area contributed by atoms with E-state index in [1.54, 1.807) is 0 Å². The van der Waals surface area contributed by atoms with Gasteiger partial charge in [0.15, 0.2) is 34.2 Å². The number of hydrogen-bond donors (Lipinski definition) is 7. The molecule has 2 heterocycles. The van der Waals surface area contributed by atoms with E-state index in [-0.39, 0.29) is 35.0 Å². The first-order chi connectivity index (χ1) is 14.7. The van der Waals surface area contributed by atoms with Crippen molar-refractivity contribution in [1.82, 2.24) is 0 Å². The van der Waals surface area contributed by atoms with Gasteiger partial charge in [-0.3, -0.25) is 4.79 Å². The molecule has 11 heteroatoms. The molecule has 1 aromatic carbocycles. The third-order valence-electron chi connectivity index (χ3n) is 4.83. The van der Waals surface area contributed by atoms with Gasteiger partial charge < -0.3 is 49.6 Å². The summed E-state index contributed by atoms with van der Waals surface area (Å²) in [6.07, 6.45) is -5.99. The van der Waals surface area contributed by atoms with E-state index in [1.165, 1.54) is 6.07 Å². The molecule has 0 saturated carbocycles. The average Bonchev–Trinajstić information content (AvgIpc) is 2.72. The van der Waals surface area contributed by atoms with Crippen molar-refractivity contribution in [2.75, 3.05) is 6.61 Å². The van der Waals surface area contributed by atoms with Crippen molar-refractivity contribution in [2.24, 2.45) is 0 Å². The van der Waals surface area contributed by atoms with Crippen LogP contribution in [0.2, 0.25) is 0 Å². The van der Waals surface area contributed by atoms with Gasteiger partial charge in [0.05, 0.1) is 12.2 Å². The van der Waals surface area contributed by atoms with E-state index in [2.05, 4.69) is 0 Å². The van der Waals surface area contributed by atoms with Gasteiger partial charge in [0.1, 0.15) is 29.8 Å². The summed E-state index contributed by atoms with van der Waals surface area (Å²) in [5.41, 5.74) is -0.476. The van der Waals surface area contributed by atoms with Gasteiger partial charge in [0, 0.05) is 17.7 Å². The molecule has 3 aliphatic rings. The van der Waals surface area contributed by atoms with Crippen LogP contribution in [0.25, 0.3) is 22.6 Å². The van der Waals surface area contributed by atoms with Gasteiger partial charge in [-0.2, -0.15) is 0 Å². The summed E-state index contributed by atoms with van der Waals surface area (Å²) in [5.74, 6) is -2.93. The van der Waals surface area contributed by atoms with Crippen LogP contribution in [0.15, 0.2) is 39.5 Å². The molecule has 0 amide bonds. The first-order valence-corrected chi connectivity index (χ1v) is 9.04. The Hall–Kier alpha value is -3.51. The Bertz CT molecular complexity index is 1130. The molecule has 1 saturated heterocycles. The number of aliphatic hydroxyl groups excluding tert-OH is 3. The van der Waals surface area contributed by atoms with E-state index >= 15 is 0 Å². The van der Waals surface area contributed by atoms with Crippen LogP contribution in [-0.4, -0.2) is 67.0 Å². The first kappa shape index (κ1) is 20.8. The molecule has 0 spiro atoms. The van der Waals surface area contributed by atoms with Crippen LogP contribution in [0, 0.1) is 0 Å². The van der Waals surface area contributed by atoms with Crippen LogP contribution in [0.4, 0.5) is 0 Å². The summed E-state index contributed by atoms with van der Waals surface area (Å²) in [5, 5.41) is 69.1. The van der Waals surface area contributed by atoms with Crippen molar-refractivity contribution < 1.29 is 49.6 Å². The molecule has 1 aromatic rings. The Labute approximate surface area is 173 Å². The van der Waals surface area contributed by atoms with Crippen molar-refractivity contribution in [1.29, 1.82) is 0 Å². The van der Waals surface area contributed by atoms with Crippen molar-refractivity contribution in [3.63, 3.8) is 0 Å². The monoisotopic (exact) mass is 434 g/mol. The maximum Gasteiger partial charge on any atom is 0.229 e. The number of hydrogen-bond acceptors (Lipinski definition) is 11. The second kappa shape index (κ2) is 7.63. The van der Waals surface area contributed by atoms with Crippen LogP contribution in [0.1, 0.15) is 0 Å². The highest BCUT2D eigenvalue weighted by Crippen LogP contribution is 2.45. The van der Waals surface area contributed by atoms with Gasteiger partial charge in [-0.1, -0.05) is 0 Å². The average molecular weight is 434 g/mol. The summed E-state index contributed by atoms with van der Waals surface area (Å²) in [4.78, 5) is 11.7. The van der Waals surface area contributed by atoms with Gasteiger partial charge in [0.25, 0.3) is 0 Å². The summed E-state index contributed by atoms with van der Waals surface area (Å²) in [6.45, 7) is -0.339. The third-order valence-corrected chi connectivity index (χ3v) is 4.83. The van der Waals surface area contributed by atoms with Crippen molar-refractivity contribution in [3.8, 4) is 51.4 Å². The highest BCUT2D eigenvalue weighted by Gasteiger charge is 2.39. The standard InChI is InChI=1S/C20H18O11/c21-8-3-10(22)9-5-15(31-20-18(28)17(27)13(25)6-29-20)19(30-14(9)4-8)7-1-11(23)16(26)12(24)2-7/h1-5,13,17-18,20,22-28H,6H2/t13-,17-,18+,20-/m0/s1. The Balaban J connectivity index is 1.88. The predicted octanol–water partition coefficient (Wildman–Crippen LogP) is 0.0518. The molecule has 0 unspecified atom stereocenters. The molecule has 1 fully saturated rings. The number of fused-ring (bicyclic) bond motifs is 1. The Kier molecular flexibility index (Phi) is 5.11. The highest BCUT2D eigenvalue weighted by molar-refractivity contribution is 5.77. The number of ether oxygens (including phenoxy) is 2. The molecule has 11 nitrogen and oxygen atoms in total. The van der Waals surface area contributed by atoms with Crippen molar-refractivity contribution in [3.05, 3.63) is 40.6 Å². The van der Waals surface area contributed by atoms with E-state index < -0.39 is 53.0 Å². The third kappa shape index (κ3) is 3.70. The van der Waals surface area contributed by atoms with Crippen LogP contribution >= 0.6 is 0 Å². The maximum atomic E-state index is 11.7. The predicted molar refractivity (Wildman–Crippen MR) is 102 cm³/mol. The first-order valence-electron chi connectivity index (χ1n) is 9.04. The summed E-state index contributed by atoms with van der Waals surface area (Å²) >= 11 is 0. The van der Waals surface area contributed by atoms with E-state index in [1.807, 2.05) is 0 Å².